The molecule has 2 aliphatic rings. The van der Waals surface area contributed by atoms with Gasteiger partial charge in [-0.2, -0.15) is 0 Å². The molecule has 3 heterocycles. The van der Waals surface area contributed by atoms with E-state index in [1.807, 2.05) is 54.6 Å². The quantitative estimate of drug-likeness (QED) is 0.145. The van der Waals surface area contributed by atoms with Crippen molar-refractivity contribution in [3.63, 3.8) is 0 Å². The number of likely N-dealkylation sites (tertiary alicyclic amines) is 1. The summed E-state index contributed by atoms with van der Waals surface area (Å²) in [5, 5.41) is 0. The van der Waals surface area contributed by atoms with Crippen molar-refractivity contribution in [3.05, 3.63) is 140 Å². The predicted molar refractivity (Wildman–Crippen MR) is 174 cm³/mol. The van der Waals surface area contributed by atoms with Crippen LogP contribution in [0.4, 0.5) is 0 Å². The molecule has 244 valence electrons. The van der Waals surface area contributed by atoms with Crippen molar-refractivity contribution in [2.45, 2.75) is 56.6 Å². The molecule has 2 saturated heterocycles. The average molecular weight is 738 g/mol. The van der Waals surface area contributed by atoms with Gasteiger partial charge in [0.05, 0.1) is 39.5 Å². The molecule has 46 heavy (non-hydrogen) atoms. The van der Waals surface area contributed by atoms with Gasteiger partial charge in [-0.25, -0.2) is 4.79 Å². The van der Waals surface area contributed by atoms with Crippen LogP contribution < -0.4 is 35.2 Å². The van der Waals surface area contributed by atoms with Crippen LogP contribution in [0.25, 0.3) is 0 Å². The van der Waals surface area contributed by atoms with Crippen LogP contribution in [-0.4, -0.2) is 66.1 Å². The lowest BCUT2D eigenvalue weighted by atomic mass is 9.80. The molecule has 0 amide bonds. The van der Waals surface area contributed by atoms with E-state index in [1.165, 1.54) is 36.9 Å². The van der Waals surface area contributed by atoms with E-state index in [1.54, 1.807) is 13.1 Å². The van der Waals surface area contributed by atoms with Crippen molar-refractivity contribution < 1.29 is 42.7 Å². The lowest BCUT2D eigenvalue weighted by molar-refractivity contribution is -0.914. The Bertz CT molecular complexity index is 1560. The van der Waals surface area contributed by atoms with Crippen molar-refractivity contribution >= 4 is 0 Å². The number of halogens is 1. The molecule has 0 saturated carbocycles. The topological polar surface area (TPSA) is 82.6 Å². The fourth-order valence-corrected chi connectivity index (χ4v) is 6.90. The van der Waals surface area contributed by atoms with Crippen LogP contribution in [0.1, 0.15) is 54.2 Å². The fraction of sp³-hybridized carbons (Fsp3) is 0.405. The Morgan fingerprint density at radius 2 is 1.41 bits per heavy atom. The number of ether oxygens (including phenoxy) is 3. The molecule has 0 spiro atoms. The maximum Gasteiger partial charge on any atom is 0.330 e. The SMILES string of the molecule is Cc1cn([C@H]2C[C@H](OCC[N+]3(C)CCCCC3)[C@@H](COC(c3ccccc3)(c3ccccc3)c3ccccc3)O2)c(=O)[nH]c1=O.[I-]. The molecule has 1 aromatic heterocycles. The molecule has 3 aromatic carbocycles. The van der Waals surface area contributed by atoms with Gasteiger partial charge in [0.25, 0.3) is 5.56 Å². The van der Waals surface area contributed by atoms with Crippen molar-refractivity contribution in [1.82, 2.24) is 9.55 Å². The minimum atomic E-state index is -0.909. The van der Waals surface area contributed by atoms with Crippen molar-refractivity contribution in [3.8, 4) is 0 Å². The van der Waals surface area contributed by atoms with Crippen LogP contribution in [-0.2, 0) is 19.8 Å². The van der Waals surface area contributed by atoms with Crippen LogP contribution in [0, 0.1) is 6.92 Å². The summed E-state index contributed by atoms with van der Waals surface area (Å²) in [6, 6.07) is 30.8. The first-order chi connectivity index (χ1) is 21.9. The summed E-state index contributed by atoms with van der Waals surface area (Å²) in [4.78, 5) is 27.4. The highest BCUT2D eigenvalue weighted by Crippen LogP contribution is 2.42. The Hall–Kier alpha value is -3.09. The Balaban J connectivity index is 0.00000417. The summed E-state index contributed by atoms with van der Waals surface area (Å²) in [6.07, 6.45) is 4.50. The van der Waals surface area contributed by atoms with Gasteiger partial charge < -0.3 is 42.7 Å². The van der Waals surface area contributed by atoms with Gasteiger partial charge >= 0.3 is 5.69 Å². The molecular formula is C37H44IN3O5. The number of aromatic nitrogens is 2. The third kappa shape index (κ3) is 7.39. The monoisotopic (exact) mass is 737 g/mol. The largest absolute Gasteiger partial charge is 1.00 e. The molecule has 0 unspecified atom stereocenters. The first-order valence-corrected chi connectivity index (χ1v) is 16.1. The number of benzene rings is 3. The molecule has 4 aromatic rings. The fourth-order valence-electron chi connectivity index (χ4n) is 6.90. The third-order valence-electron chi connectivity index (χ3n) is 9.50. The summed E-state index contributed by atoms with van der Waals surface area (Å²) in [6.45, 7) is 5.76. The Labute approximate surface area is 287 Å². The molecule has 8 nitrogen and oxygen atoms in total. The van der Waals surface area contributed by atoms with Crippen molar-refractivity contribution in [1.29, 1.82) is 0 Å². The number of aromatic amines is 1. The second-order valence-corrected chi connectivity index (χ2v) is 12.7. The van der Waals surface area contributed by atoms with Crippen molar-refractivity contribution in [2.75, 3.05) is 39.9 Å². The van der Waals surface area contributed by atoms with E-state index in [0.29, 0.717) is 18.6 Å². The van der Waals surface area contributed by atoms with Gasteiger partial charge in [0, 0.05) is 18.2 Å². The number of nitrogens with one attached hydrogen (secondary N) is 1. The predicted octanol–water partition coefficient (Wildman–Crippen LogP) is 2.16. The summed E-state index contributed by atoms with van der Waals surface area (Å²) >= 11 is 0. The number of likely N-dealkylation sites (N-methyl/N-ethyl adjacent to an activating group) is 1. The van der Waals surface area contributed by atoms with E-state index in [4.69, 9.17) is 14.2 Å². The van der Waals surface area contributed by atoms with Crippen LogP contribution in [0.3, 0.4) is 0 Å². The zero-order valence-corrected chi connectivity index (χ0v) is 28.8. The number of hydrogen-bond donors (Lipinski definition) is 1. The summed E-state index contributed by atoms with van der Waals surface area (Å²) in [5.41, 5.74) is 1.67. The Morgan fingerprint density at radius 3 is 1.96 bits per heavy atom. The maximum absolute atomic E-state index is 12.9. The smallest absolute Gasteiger partial charge is 0.330 e. The maximum atomic E-state index is 12.9. The normalized spacial score (nSPS) is 21.0. The molecule has 0 radical (unpaired) electrons. The highest BCUT2D eigenvalue weighted by molar-refractivity contribution is 5.47. The highest BCUT2D eigenvalue weighted by atomic mass is 127. The lowest BCUT2D eigenvalue weighted by Crippen LogP contribution is -3.00. The number of hydrogen-bond acceptors (Lipinski definition) is 5. The number of quaternary nitrogens is 1. The first kappa shape index (κ1) is 34.3. The van der Waals surface area contributed by atoms with E-state index < -0.39 is 29.2 Å². The molecule has 2 fully saturated rings. The minimum absolute atomic E-state index is 0. The summed E-state index contributed by atoms with van der Waals surface area (Å²) < 4.78 is 22.8. The molecule has 0 bridgehead atoms. The number of aryl methyl sites for hydroxylation is 1. The van der Waals surface area contributed by atoms with Gasteiger partial charge in [-0.3, -0.25) is 14.3 Å². The first-order valence-electron chi connectivity index (χ1n) is 16.1. The van der Waals surface area contributed by atoms with E-state index in [0.717, 1.165) is 27.7 Å². The second kappa shape index (κ2) is 15.2. The molecule has 6 rings (SSSR count). The molecule has 3 atom stereocenters. The third-order valence-corrected chi connectivity index (χ3v) is 9.50. The molecule has 9 heteroatoms. The lowest BCUT2D eigenvalue weighted by Gasteiger charge is -2.38. The molecule has 2 aliphatic heterocycles. The van der Waals surface area contributed by atoms with Crippen LogP contribution >= 0.6 is 0 Å². The highest BCUT2D eigenvalue weighted by Gasteiger charge is 2.43. The van der Waals surface area contributed by atoms with Gasteiger partial charge in [-0.1, -0.05) is 91.0 Å². The van der Waals surface area contributed by atoms with E-state index in [9.17, 15) is 9.59 Å². The Morgan fingerprint density at radius 1 is 0.870 bits per heavy atom. The molecule has 0 aliphatic carbocycles. The Kier molecular flexibility index (Phi) is 11.3. The van der Waals surface area contributed by atoms with Crippen LogP contribution in [0.15, 0.2) is 107 Å². The zero-order valence-electron chi connectivity index (χ0n) is 26.6. The van der Waals surface area contributed by atoms with Gasteiger partial charge in [0.1, 0.15) is 24.5 Å². The standard InChI is InChI=1S/C37H43N3O5.HI/c1-28-26-39(36(42)38-35(28)41)34-25-32(43-24-23-40(2)21-13-6-14-22-40)33(45-34)27-44-37(29-15-7-3-8-16-29,30-17-9-4-10-18-30)31-19-11-5-12-20-31;/h3-5,7-12,15-20,26,32-34H,6,13-14,21-25,27H2,1-2H3;1H/t32-,33+,34+;/m0./s1. The second-order valence-electron chi connectivity index (χ2n) is 12.7. The van der Waals surface area contributed by atoms with E-state index in [-0.39, 0.29) is 36.7 Å². The number of H-pyrrole nitrogens is 1. The summed E-state index contributed by atoms with van der Waals surface area (Å²) in [5.74, 6) is 0. The number of piperidine rings is 1. The van der Waals surface area contributed by atoms with Crippen molar-refractivity contribution in [2.24, 2.45) is 0 Å². The van der Waals surface area contributed by atoms with Crippen LogP contribution in [0.2, 0.25) is 0 Å². The average Bonchev–Trinajstić information content (AvgIpc) is 3.47. The van der Waals surface area contributed by atoms with Gasteiger partial charge in [-0.05, 0) is 42.9 Å². The van der Waals surface area contributed by atoms with Gasteiger partial charge in [0.2, 0.25) is 0 Å². The summed E-state index contributed by atoms with van der Waals surface area (Å²) in [7, 11) is 2.31. The zero-order chi connectivity index (χ0) is 31.3. The van der Waals surface area contributed by atoms with E-state index in [2.05, 4.69) is 48.4 Å². The van der Waals surface area contributed by atoms with Gasteiger partial charge in [-0.15, -0.1) is 0 Å². The van der Waals surface area contributed by atoms with E-state index >= 15 is 0 Å². The van der Waals surface area contributed by atoms with Gasteiger partial charge in [0.15, 0.2) is 0 Å². The minimum Gasteiger partial charge on any atom is -1.00 e. The number of nitrogens with zero attached hydrogens (tertiary/aromatic N) is 2. The molecule has 1 N–H and O–H groups in total. The van der Waals surface area contributed by atoms with Crippen LogP contribution in [0.5, 0.6) is 0 Å². The molecular weight excluding hydrogens is 693 g/mol. The number of rotatable bonds is 11.